The minimum absolute atomic E-state index is 0.0421. The molecule has 0 aliphatic heterocycles. The van der Waals surface area contributed by atoms with E-state index in [4.69, 9.17) is 5.11 Å². The van der Waals surface area contributed by atoms with E-state index in [2.05, 4.69) is 9.46 Å². The van der Waals surface area contributed by atoms with Gasteiger partial charge in [-0.15, -0.1) is 11.3 Å². The topological polar surface area (TPSA) is 110 Å². The number of carboxylic acids is 1. The predicted octanol–water partition coefficient (Wildman–Crippen LogP) is 0.215. The molecule has 0 aromatic carbocycles. The quantitative estimate of drug-likeness (QED) is 0.727. The molecule has 106 valence electrons. The fourth-order valence-electron chi connectivity index (χ4n) is 1.26. The molecule has 0 fully saturated rings. The van der Waals surface area contributed by atoms with Gasteiger partial charge in [-0.25, -0.2) is 8.42 Å². The monoisotopic (exact) mass is 307 g/mol. The summed E-state index contributed by atoms with van der Waals surface area (Å²) in [6, 6.07) is 1.71. The van der Waals surface area contributed by atoms with E-state index < -0.39 is 28.0 Å². The van der Waals surface area contributed by atoms with Crippen molar-refractivity contribution in [2.75, 3.05) is 7.11 Å². The maximum Gasteiger partial charge on any atom is 0.323 e. The highest BCUT2D eigenvalue weighted by atomic mass is 32.2. The molecule has 0 aliphatic carbocycles. The molecule has 7 nitrogen and oxygen atoms in total. The van der Waals surface area contributed by atoms with Crippen LogP contribution in [0.2, 0.25) is 0 Å². The summed E-state index contributed by atoms with van der Waals surface area (Å²) in [6.07, 6.45) is -0.243. The molecule has 0 spiro atoms. The highest BCUT2D eigenvalue weighted by Gasteiger charge is 2.24. The largest absolute Gasteiger partial charge is 0.481 e. The molecule has 1 aromatic heterocycles. The van der Waals surface area contributed by atoms with Crippen LogP contribution in [-0.2, 0) is 30.8 Å². The molecule has 0 bridgehead atoms. The molecule has 1 atom stereocenters. The summed E-state index contributed by atoms with van der Waals surface area (Å²) < 4.78 is 30.3. The molecular formula is C10H13NO6S2. The zero-order valence-electron chi connectivity index (χ0n) is 10.2. The second-order valence-electron chi connectivity index (χ2n) is 3.66. The lowest BCUT2D eigenvalue weighted by molar-refractivity contribution is -0.142. The van der Waals surface area contributed by atoms with Crippen LogP contribution in [0, 0.1) is 0 Å². The summed E-state index contributed by atoms with van der Waals surface area (Å²) in [5.41, 5.74) is 0. The second kappa shape index (κ2) is 6.13. The Morgan fingerprint density at radius 1 is 1.47 bits per heavy atom. The maximum atomic E-state index is 11.9. The number of nitrogens with one attached hydrogen (secondary N) is 1. The number of thiophene rings is 1. The van der Waals surface area contributed by atoms with E-state index in [0.717, 1.165) is 18.4 Å². The Hall–Kier alpha value is -1.45. The fourth-order valence-corrected chi connectivity index (χ4v) is 3.82. The third-order valence-corrected chi connectivity index (χ3v) is 5.23. The number of sulfonamides is 1. The summed E-state index contributed by atoms with van der Waals surface area (Å²) in [6.45, 7) is 1.36. The van der Waals surface area contributed by atoms with Gasteiger partial charge in [0.2, 0.25) is 0 Å². The van der Waals surface area contributed by atoms with Crippen molar-refractivity contribution in [2.24, 2.45) is 0 Å². The van der Waals surface area contributed by atoms with Crippen molar-refractivity contribution in [3.63, 3.8) is 0 Å². The van der Waals surface area contributed by atoms with E-state index in [1.54, 1.807) is 0 Å². The van der Waals surface area contributed by atoms with Crippen molar-refractivity contribution in [1.82, 2.24) is 4.72 Å². The fraction of sp³-hybridized carbons (Fsp3) is 0.400. The van der Waals surface area contributed by atoms with Crippen LogP contribution in [0.1, 0.15) is 11.8 Å². The van der Waals surface area contributed by atoms with Crippen LogP contribution in [-0.4, -0.2) is 38.6 Å². The lowest BCUT2D eigenvalue weighted by Crippen LogP contribution is -2.38. The third-order valence-electron chi connectivity index (χ3n) is 2.11. The van der Waals surface area contributed by atoms with E-state index in [1.165, 1.54) is 19.1 Å². The van der Waals surface area contributed by atoms with E-state index >= 15 is 0 Å². The van der Waals surface area contributed by atoms with Crippen LogP contribution >= 0.6 is 11.3 Å². The summed E-state index contributed by atoms with van der Waals surface area (Å²) in [5.74, 6) is -1.74. The van der Waals surface area contributed by atoms with Gasteiger partial charge < -0.3 is 9.84 Å². The Balaban J connectivity index is 2.86. The zero-order valence-corrected chi connectivity index (χ0v) is 11.9. The van der Waals surface area contributed by atoms with Crippen molar-refractivity contribution < 1.29 is 27.9 Å². The predicted molar refractivity (Wildman–Crippen MR) is 67.5 cm³/mol. The number of rotatable bonds is 6. The molecule has 9 heteroatoms. The van der Waals surface area contributed by atoms with Gasteiger partial charge in [-0.3, -0.25) is 9.59 Å². The number of hydrogen-bond acceptors (Lipinski definition) is 6. The highest BCUT2D eigenvalue weighted by Crippen LogP contribution is 2.22. The molecule has 1 aromatic rings. The molecular weight excluding hydrogens is 294 g/mol. The number of ether oxygens (including phenoxy) is 1. The van der Waals surface area contributed by atoms with Crippen LogP contribution in [0.4, 0.5) is 0 Å². The van der Waals surface area contributed by atoms with Gasteiger partial charge in [-0.05, 0) is 19.1 Å². The summed E-state index contributed by atoms with van der Waals surface area (Å²) in [5, 5.41) is 8.61. The van der Waals surface area contributed by atoms with E-state index in [9.17, 15) is 18.0 Å². The first kappa shape index (κ1) is 15.6. The minimum atomic E-state index is -3.85. The number of methoxy groups -OCH3 is 1. The number of hydrogen-bond donors (Lipinski definition) is 2. The van der Waals surface area contributed by atoms with Crippen LogP contribution in [0.15, 0.2) is 16.3 Å². The van der Waals surface area contributed by atoms with Gasteiger partial charge in [-0.2, -0.15) is 4.72 Å². The zero-order chi connectivity index (χ0) is 14.6. The van der Waals surface area contributed by atoms with E-state index in [-0.39, 0.29) is 10.6 Å². The first-order chi connectivity index (χ1) is 8.76. The average Bonchev–Trinajstić information content (AvgIpc) is 2.75. The van der Waals surface area contributed by atoms with Gasteiger partial charge in [-0.1, -0.05) is 0 Å². The van der Waals surface area contributed by atoms with E-state index in [1.807, 2.05) is 0 Å². The van der Waals surface area contributed by atoms with Gasteiger partial charge in [0.15, 0.2) is 0 Å². The first-order valence-electron chi connectivity index (χ1n) is 5.17. The van der Waals surface area contributed by atoms with Crippen molar-refractivity contribution in [3.05, 3.63) is 17.0 Å². The molecule has 0 saturated carbocycles. The summed E-state index contributed by atoms with van der Waals surface area (Å²) in [4.78, 5) is 22.1. The van der Waals surface area contributed by atoms with Crippen LogP contribution in [0.3, 0.4) is 0 Å². The van der Waals surface area contributed by atoms with Crippen molar-refractivity contribution in [3.8, 4) is 0 Å². The minimum Gasteiger partial charge on any atom is -0.481 e. The van der Waals surface area contributed by atoms with Crippen LogP contribution in [0.5, 0.6) is 0 Å². The normalized spacial score (nSPS) is 12.9. The standard InChI is InChI=1S/C10H13NO6S2/c1-6(10(14)17-2)11-19(15,16)9-4-3-7(18-9)5-8(12)13/h3-4,6,11H,5H2,1-2H3,(H,12,13). The Morgan fingerprint density at radius 3 is 2.63 bits per heavy atom. The molecule has 1 unspecified atom stereocenters. The maximum absolute atomic E-state index is 11.9. The summed E-state index contributed by atoms with van der Waals surface area (Å²) in [7, 11) is -2.70. The molecule has 2 N–H and O–H groups in total. The molecule has 0 saturated heterocycles. The Bertz CT molecular complexity index is 577. The number of aliphatic carboxylic acids is 1. The van der Waals surface area contributed by atoms with Crippen LogP contribution < -0.4 is 4.72 Å². The van der Waals surface area contributed by atoms with Gasteiger partial charge >= 0.3 is 11.9 Å². The Labute approximate surface area is 114 Å². The molecule has 0 amide bonds. The molecule has 1 heterocycles. The number of carboxylic acid groups (broad SMARTS) is 1. The van der Waals surface area contributed by atoms with Gasteiger partial charge in [0, 0.05) is 4.88 Å². The lowest BCUT2D eigenvalue weighted by Gasteiger charge is -2.10. The Kier molecular flexibility index (Phi) is 5.04. The average molecular weight is 307 g/mol. The molecule has 1 rings (SSSR count). The van der Waals surface area contributed by atoms with Gasteiger partial charge in [0.1, 0.15) is 10.3 Å². The smallest absolute Gasteiger partial charge is 0.323 e. The van der Waals surface area contributed by atoms with Crippen molar-refractivity contribution in [1.29, 1.82) is 0 Å². The Morgan fingerprint density at radius 2 is 2.11 bits per heavy atom. The number of esters is 1. The molecule has 0 radical (unpaired) electrons. The van der Waals surface area contributed by atoms with Crippen molar-refractivity contribution >= 4 is 33.3 Å². The van der Waals surface area contributed by atoms with E-state index in [0.29, 0.717) is 4.88 Å². The number of carbonyl (C=O) groups excluding carboxylic acids is 1. The molecule has 0 aliphatic rings. The van der Waals surface area contributed by atoms with Gasteiger partial charge in [0.25, 0.3) is 10.0 Å². The SMILES string of the molecule is COC(=O)C(C)NS(=O)(=O)c1ccc(CC(=O)O)s1. The first-order valence-corrected chi connectivity index (χ1v) is 7.47. The molecule has 19 heavy (non-hydrogen) atoms. The third kappa shape index (κ3) is 4.30. The van der Waals surface area contributed by atoms with Crippen LogP contribution in [0.25, 0.3) is 0 Å². The summed E-state index contributed by atoms with van der Waals surface area (Å²) >= 11 is 0.846. The lowest BCUT2D eigenvalue weighted by atomic mass is 10.3. The highest BCUT2D eigenvalue weighted by molar-refractivity contribution is 7.91. The second-order valence-corrected chi connectivity index (χ2v) is 6.77. The van der Waals surface area contributed by atoms with Gasteiger partial charge in [0.05, 0.1) is 13.5 Å². The number of carbonyl (C=O) groups is 2. The van der Waals surface area contributed by atoms with Crippen molar-refractivity contribution in [2.45, 2.75) is 23.6 Å².